The van der Waals surface area contributed by atoms with Gasteiger partial charge in [-0.15, -0.1) is 0 Å². The highest BCUT2D eigenvalue weighted by Crippen LogP contribution is 2.34. The number of aliphatic hydroxyl groups is 1. The molecule has 2 fully saturated rings. The molecule has 7 nitrogen and oxygen atoms in total. The SMILES string of the molecule is CO[C@H]1O[C@H]2CO[C@H](c3ccccc3)O[C@H]2[C@@H](O)[C@@H]1NC=O. The minimum Gasteiger partial charge on any atom is -0.388 e. The highest BCUT2D eigenvalue weighted by Gasteiger charge is 2.49. The quantitative estimate of drug-likeness (QED) is 0.758. The van der Waals surface area contributed by atoms with Gasteiger partial charge in [0.1, 0.15) is 24.4 Å². The normalized spacial score (nSPS) is 38.1. The number of amides is 1. The van der Waals surface area contributed by atoms with Crippen molar-refractivity contribution >= 4 is 6.41 Å². The Morgan fingerprint density at radius 3 is 2.77 bits per heavy atom. The molecule has 120 valence electrons. The van der Waals surface area contributed by atoms with Crippen LogP contribution in [0.1, 0.15) is 11.9 Å². The van der Waals surface area contributed by atoms with E-state index in [9.17, 15) is 9.90 Å². The average molecular weight is 309 g/mol. The molecule has 2 aliphatic rings. The molecule has 0 saturated carbocycles. The number of methoxy groups -OCH3 is 1. The standard InChI is InChI=1S/C15H19NO6/c1-19-15-11(16-8-17)12(18)13-10(21-15)7-20-14(22-13)9-5-3-2-4-6-9/h2-6,8,10-15,18H,7H2,1H3,(H,16,17)/t10-,11-,12-,13+,14-,15-/m0/s1. The Kier molecular flexibility index (Phi) is 4.70. The van der Waals surface area contributed by atoms with Crippen molar-refractivity contribution in [2.24, 2.45) is 0 Å². The van der Waals surface area contributed by atoms with Crippen LogP contribution >= 0.6 is 0 Å². The summed E-state index contributed by atoms with van der Waals surface area (Å²) in [6.07, 6.45) is -2.83. The van der Waals surface area contributed by atoms with E-state index in [1.165, 1.54) is 7.11 Å². The molecule has 1 amide bonds. The van der Waals surface area contributed by atoms with Crippen LogP contribution in [0.5, 0.6) is 0 Å². The lowest BCUT2D eigenvalue weighted by Crippen LogP contribution is -2.65. The first kappa shape index (κ1) is 15.4. The third-order valence-electron chi connectivity index (χ3n) is 3.93. The molecule has 0 spiro atoms. The Morgan fingerprint density at radius 2 is 2.09 bits per heavy atom. The molecule has 6 atom stereocenters. The van der Waals surface area contributed by atoms with Crippen LogP contribution in [0.25, 0.3) is 0 Å². The Labute approximate surface area is 128 Å². The van der Waals surface area contributed by atoms with Crippen LogP contribution in [0.15, 0.2) is 30.3 Å². The molecule has 2 N–H and O–H groups in total. The van der Waals surface area contributed by atoms with Gasteiger partial charge in [0.05, 0.1) is 6.61 Å². The molecule has 0 aliphatic carbocycles. The molecule has 2 saturated heterocycles. The topological polar surface area (TPSA) is 86.2 Å². The predicted molar refractivity (Wildman–Crippen MR) is 74.7 cm³/mol. The van der Waals surface area contributed by atoms with Crippen molar-refractivity contribution in [1.82, 2.24) is 5.32 Å². The maximum Gasteiger partial charge on any atom is 0.207 e. The van der Waals surface area contributed by atoms with Gasteiger partial charge in [-0.3, -0.25) is 4.79 Å². The molecular formula is C15H19NO6. The van der Waals surface area contributed by atoms with Gasteiger partial charge in [-0.05, 0) is 0 Å². The predicted octanol–water partition coefficient (Wildman–Crippen LogP) is -0.0526. The van der Waals surface area contributed by atoms with Crippen molar-refractivity contribution < 1.29 is 28.8 Å². The number of rotatable bonds is 4. The number of benzene rings is 1. The molecule has 0 radical (unpaired) electrons. The van der Waals surface area contributed by atoms with Crippen molar-refractivity contribution in [3.63, 3.8) is 0 Å². The number of carbonyl (C=O) groups is 1. The molecule has 3 rings (SSSR count). The van der Waals surface area contributed by atoms with Crippen molar-refractivity contribution in [3.8, 4) is 0 Å². The maximum absolute atomic E-state index is 10.7. The van der Waals surface area contributed by atoms with Gasteiger partial charge in [0.2, 0.25) is 6.41 Å². The molecule has 0 unspecified atom stereocenters. The number of nitrogens with one attached hydrogen (secondary N) is 1. The highest BCUT2D eigenvalue weighted by molar-refractivity contribution is 5.47. The first-order chi connectivity index (χ1) is 10.7. The van der Waals surface area contributed by atoms with Gasteiger partial charge in [-0.1, -0.05) is 30.3 Å². The van der Waals surface area contributed by atoms with E-state index < -0.39 is 36.9 Å². The number of ether oxygens (including phenoxy) is 4. The van der Waals surface area contributed by atoms with Crippen LogP contribution in [0.2, 0.25) is 0 Å². The van der Waals surface area contributed by atoms with Crippen LogP contribution < -0.4 is 5.32 Å². The third kappa shape index (κ3) is 2.86. The monoisotopic (exact) mass is 309 g/mol. The fourth-order valence-electron chi connectivity index (χ4n) is 2.83. The minimum atomic E-state index is -0.955. The van der Waals surface area contributed by atoms with Gasteiger partial charge in [0.15, 0.2) is 12.6 Å². The zero-order valence-corrected chi connectivity index (χ0v) is 12.1. The van der Waals surface area contributed by atoms with Crippen molar-refractivity contribution in [1.29, 1.82) is 0 Å². The lowest BCUT2D eigenvalue weighted by Gasteiger charge is -2.47. The van der Waals surface area contributed by atoms with E-state index in [4.69, 9.17) is 18.9 Å². The van der Waals surface area contributed by atoms with Gasteiger partial charge in [-0.25, -0.2) is 0 Å². The first-order valence-corrected chi connectivity index (χ1v) is 7.12. The van der Waals surface area contributed by atoms with E-state index in [0.29, 0.717) is 6.41 Å². The lowest BCUT2D eigenvalue weighted by molar-refractivity contribution is -0.341. The first-order valence-electron chi connectivity index (χ1n) is 7.12. The van der Waals surface area contributed by atoms with Gasteiger partial charge in [0.25, 0.3) is 0 Å². The summed E-state index contributed by atoms with van der Waals surface area (Å²) >= 11 is 0. The molecule has 2 heterocycles. The van der Waals surface area contributed by atoms with Crippen molar-refractivity contribution in [2.45, 2.75) is 36.9 Å². The Bertz CT molecular complexity index is 498. The second kappa shape index (κ2) is 6.72. The Balaban J connectivity index is 1.76. The second-order valence-electron chi connectivity index (χ2n) is 5.26. The Hall–Kier alpha value is -1.51. The van der Waals surface area contributed by atoms with Crippen LogP contribution in [0, 0.1) is 0 Å². The number of fused-ring (bicyclic) bond motifs is 1. The van der Waals surface area contributed by atoms with Gasteiger partial charge in [-0.2, -0.15) is 0 Å². The van der Waals surface area contributed by atoms with Gasteiger partial charge in [0, 0.05) is 12.7 Å². The Morgan fingerprint density at radius 1 is 1.32 bits per heavy atom. The molecule has 2 aliphatic heterocycles. The number of carbonyl (C=O) groups excluding carboxylic acids is 1. The van der Waals surface area contributed by atoms with E-state index in [2.05, 4.69) is 5.32 Å². The van der Waals surface area contributed by atoms with E-state index >= 15 is 0 Å². The number of hydrogen-bond donors (Lipinski definition) is 2. The van der Waals surface area contributed by atoms with Crippen LogP contribution in [-0.4, -0.2) is 55.9 Å². The van der Waals surface area contributed by atoms with Crippen LogP contribution in [0.4, 0.5) is 0 Å². The summed E-state index contributed by atoms with van der Waals surface area (Å²) in [4.78, 5) is 10.7. The largest absolute Gasteiger partial charge is 0.388 e. The maximum atomic E-state index is 10.7. The van der Waals surface area contributed by atoms with Gasteiger partial charge < -0.3 is 29.4 Å². The van der Waals surface area contributed by atoms with Crippen molar-refractivity contribution in [3.05, 3.63) is 35.9 Å². The summed E-state index contributed by atoms with van der Waals surface area (Å²) < 4.78 is 22.4. The fraction of sp³-hybridized carbons (Fsp3) is 0.533. The zero-order chi connectivity index (χ0) is 15.5. The molecule has 22 heavy (non-hydrogen) atoms. The third-order valence-corrected chi connectivity index (χ3v) is 3.93. The van der Waals surface area contributed by atoms with E-state index in [0.717, 1.165) is 5.56 Å². The summed E-state index contributed by atoms with van der Waals surface area (Å²) in [6.45, 7) is 0.273. The van der Waals surface area contributed by atoms with Crippen LogP contribution in [-0.2, 0) is 23.7 Å². The summed E-state index contributed by atoms with van der Waals surface area (Å²) in [6, 6.07) is 8.76. The highest BCUT2D eigenvalue weighted by atomic mass is 16.7. The number of aliphatic hydroxyl groups excluding tert-OH is 1. The fourth-order valence-corrected chi connectivity index (χ4v) is 2.83. The van der Waals surface area contributed by atoms with Gasteiger partial charge >= 0.3 is 0 Å². The summed E-state index contributed by atoms with van der Waals surface area (Å²) in [5, 5.41) is 13.0. The average Bonchev–Trinajstić information content (AvgIpc) is 2.58. The van der Waals surface area contributed by atoms with E-state index in [-0.39, 0.29) is 6.61 Å². The lowest BCUT2D eigenvalue weighted by atomic mass is 9.96. The summed E-state index contributed by atoms with van der Waals surface area (Å²) in [5.41, 5.74) is 0.863. The van der Waals surface area contributed by atoms with E-state index in [1.807, 2.05) is 30.3 Å². The molecular weight excluding hydrogens is 290 g/mol. The van der Waals surface area contributed by atoms with Crippen LogP contribution in [0.3, 0.4) is 0 Å². The molecule has 1 aromatic rings. The summed E-state index contributed by atoms with van der Waals surface area (Å²) in [7, 11) is 1.45. The number of hydrogen-bond acceptors (Lipinski definition) is 6. The molecule has 0 bridgehead atoms. The zero-order valence-electron chi connectivity index (χ0n) is 12.1. The molecule has 1 aromatic carbocycles. The minimum absolute atomic E-state index is 0.273. The molecule has 7 heteroatoms. The smallest absolute Gasteiger partial charge is 0.207 e. The molecule has 0 aromatic heterocycles. The van der Waals surface area contributed by atoms with E-state index in [1.54, 1.807) is 0 Å². The summed E-state index contributed by atoms with van der Waals surface area (Å²) in [5.74, 6) is 0. The van der Waals surface area contributed by atoms with Crippen molar-refractivity contribution in [2.75, 3.05) is 13.7 Å². The second-order valence-corrected chi connectivity index (χ2v) is 5.26.